The van der Waals surface area contributed by atoms with Gasteiger partial charge in [0.2, 0.25) is 0 Å². The third kappa shape index (κ3) is 2.24. The predicted octanol–water partition coefficient (Wildman–Crippen LogP) is 0.396. The number of carbonyl (C=O) groups excluding carboxylic acids is 1. The second kappa shape index (κ2) is 4.96. The van der Waals surface area contributed by atoms with E-state index in [0.717, 1.165) is 25.0 Å². The highest BCUT2D eigenvalue weighted by Gasteiger charge is 2.22. The van der Waals surface area contributed by atoms with Gasteiger partial charge in [0.15, 0.2) is 0 Å². The van der Waals surface area contributed by atoms with E-state index in [1.165, 1.54) is 10.1 Å². The summed E-state index contributed by atoms with van der Waals surface area (Å²) in [7, 11) is 1.64. The molecule has 20 heavy (non-hydrogen) atoms. The number of pyridine rings is 1. The SMILES string of the molecule is Cn1cccc(C(=O)NC2CCc3cn[nH]c3C2)c1=O. The smallest absolute Gasteiger partial charge is 0.263 e. The maximum absolute atomic E-state index is 12.2. The van der Waals surface area contributed by atoms with Crippen molar-refractivity contribution in [3.05, 3.63) is 51.7 Å². The Morgan fingerprint density at radius 3 is 3.25 bits per heavy atom. The van der Waals surface area contributed by atoms with Crippen LogP contribution < -0.4 is 10.9 Å². The molecule has 1 unspecified atom stereocenters. The summed E-state index contributed by atoms with van der Waals surface area (Å²) in [5.41, 5.74) is 2.20. The highest BCUT2D eigenvalue weighted by atomic mass is 16.2. The van der Waals surface area contributed by atoms with E-state index in [1.807, 2.05) is 6.20 Å². The quantitative estimate of drug-likeness (QED) is 0.830. The number of amides is 1. The third-order valence-corrected chi connectivity index (χ3v) is 3.72. The fourth-order valence-electron chi connectivity index (χ4n) is 2.56. The molecule has 1 aliphatic carbocycles. The van der Waals surface area contributed by atoms with Gasteiger partial charge in [-0.15, -0.1) is 0 Å². The lowest BCUT2D eigenvalue weighted by atomic mass is 9.93. The molecule has 104 valence electrons. The highest BCUT2D eigenvalue weighted by Crippen LogP contribution is 2.18. The largest absolute Gasteiger partial charge is 0.349 e. The van der Waals surface area contributed by atoms with Crippen LogP contribution in [0, 0.1) is 0 Å². The number of fused-ring (bicyclic) bond motifs is 1. The van der Waals surface area contributed by atoms with Crippen LogP contribution in [0.4, 0.5) is 0 Å². The molecule has 0 aromatic carbocycles. The van der Waals surface area contributed by atoms with Crippen molar-refractivity contribution in [2.75, 3.05) is 0 Å². The van der Waals surface area contributed by atoms with Crippen molar-refractivity contribution >= 4 is 5.91 Å². The van der Waals surface area contributed by atoms with Crippen LogP contribution in [0.1, 0.15) is 28.0 Å². The van der Waals surface area contributed by atoms with Crippen molar-refractivity contribution in [2.24, 2.45) is 7.05 Å². The second-order valence-corrected chi connectivity index (χ2v) is 5.12. The van der Waals surface area contributed by atoms with Gasteiger partial charge >= 0.3 is 0 Å². The molecular weight excluding hydrogens is 256 g/mol. The van der Waals surface area contributed by atoms with E-state index in [9.17, 15) is 9.59 Å². The van der Waals surface area contributed by atoms with Crippen molar-refractivity contribution in [1.29, 1.82) is 0 Å². The van der Waals surface area contributed by atoms with Gasteiger partial charge in [0.25, 0.3) is 11.5 Å². The first kappa shape index (κ1) is 12.7. The summed E-state index contributed by atoms with van der Waals surface area (Å²) in [6.45, 7) is 0. The Bertz CT molecular complexity index is 701. The number of nitrogens with one attached hydrogen (secondary N) is 2. The maximum Gasteiger partial charge on any atom is 0.263 e. The lowest BCUT2D eigenvalue weighted by Gasteiger charge is -2.22. The van der Waals surface area contributed by atoms with Crippen molar-refractivity contribution in [3.8, 4) is 0 Å². The standard InChI is InChI=1S/C14H16N4O2/c1-18-6-2-3-11(14(18)20)13(19)16-10-5-4-9-8-15-17-12(9)7-10/h2-3,6,8,10H,4-5,7H2,1H3,(H,15,17)(H,16,19). The zero-order chi connectivity index (χ0) is 14.1. The van der Waals surface area contributed by atoms with E-state index < -0.39 is 0 Å². The molecule has 1 atom stereocenters. The van der Waals surface area contributed by atoms with Crippen LogP contribution in [0.3, 0.4) is 0 Å². The number of aromatic amines is 1. The average Bonchev–Trinajstić information content (AvgIpc) is 2.89. The van der Waals surface area contributed by atoms with Gasteiger partial charge in [0.05, 0.1) is 6.20 Å². The second-order valence-electron chi connectivity index (χ2n) is 5.12. The molecule has 6 nitrogen and oxygen atoms in total. The zero-order valence-corrected chi connectivity index (χ0v) is 11.2. The van der Waals surface area contributed by atoms with E-state index in [4.69, 9.17) is 0 Å². The Morgan fingerprint density at radius 2 is 2.40 bits per heavy atom. The number of H-pyrrole nitrogens is 1. The van der Waals surface area contributed by atoms with E-state index in [2.05, 4.69) is 15.5 Å². The van der Waals surface area contributed by atoms with Crippen molar-refractivity contribution in [2.45, 2.75) is 25.3 Å². The van der Waals surface area contributed by atoms with Crippen molar-refractivity contribution < 1.29 is 4.79 Å². The number of hydrogen-bond acceptors (Lipinski definition) is 3. The zero-order valence-electron chi connectivity index (χ0n) is 11.2. The third-order valence-electron chi connectivity index (χ3n) is 3.72. The van der Waals surface area contributed by atoms with Crippen LogP contribution in [0.25, 0.3) is 0 Å². The Kier molecular flexibility index (Phi) is 3.14. The van der Waals surface area contributed by atoms with Gasteiger partial charge in [0, 0.05) is 31.4 Å². The maximum atomic E-state index is 12.2. The van der Waals surface area contributed by atoms with Crippen molar-refractivity contribution in [1.82, 2.24) is 20.1 Å². The minimum absolute atomic E-state index is 0.0420. The van der Waals surface area contributed by atoms with Gasteiger partial charge in [-0.2, -0.15) is 5.10 Å². The Hall–Kier alpha value is -2.37. The van der Waals surface area contributed by atoms with E-state index >= 15 is 0 Å². The van der Waals surface area contributed by atoms with Crippen LogP contribution in [-0.4, -0.2) is 26.7 Å². The van der Waals surface area contributed by atoms with E-state index in [0.29, 0.717) is 0 Å². The molecule has 0 aliphatic heterocycles. The average molecular weight is 272 g/mol. The predicted molar refractivity (Wildman–Crippen MR) is 73.5 cm³/mol. The first-order chi connectivity index (χ1) is 9.65. The van der Waals surface area contributed by atoms with Gasteiger partial charge in [-0.05, 0) is 30.5 Å². The number of carbonyl (C=O) groups is 1. The summed E-state index contributed by atoms with van der Waals surface area (Å²) in [6.07, 6.45) is 5.96. The van der Waals surface area contributed by atoms with Gasteiger partial charge in [-0.1, -0.05) is 0 Å². The molecule has 2 heterocycles. The molecule has 2 aromatic heterocycles. The monoisotopic (exact) mass is 272 g/mol. The summed E-state index contributed by atoms with van der Waals surface area (Å²) >= 11 is 0. The molecule has 6 heteroatoms. The van der Waals surface area contributed by atoms with E-state index in [-0.39, 0.29) is 23.1 Å². The molecule has 0 saturated heterocycles. The molecule has 2 aromatic rings. The number of aromatic nitrogens is 3. The normalized spacial score (nSPS) is 17.6. The summed E-state index contributed by atoms with van der Waals surface area (Å²) < 4.78 is 1.41. The van der Waals surface area contributed by atoms with Crippen LogP contribution in [0.15, 0.2) is 29.3 Å². The van der Waals surface area contributed by atoms with Crippen LogP contribution in [-0.2, 0) is 19.9 Å². The molecule has 3 rings (SSSR count). The fraction of sp³-hybridized carbons (Fsp3) is 0.357. The number of aryl methyl sites for hydroxylation is 2. The molecule has 2 N–H and O–H groups in total. The summed E-state index contributed by atoms with van der Waals surface area (Å²) in [6, 6.07) is 3.30. The highest BCUT2D eigenvalue weighted by molar-refractivity contribution is 5.94. The lowest BCUT2D eigenvalue weighted by molar-refractivity contribution is 0.0931. The summed E-state index contributed by atoms with van der Waals surface area (Å²) in [4.78, 5) is 24.1. The molecule has 0 bridgehead atoms. The number of nitrogens with zero attached hydrogens (tertiary/aromatic N) is 2. The van der Waals surface area contributed by atoms with Crippen LogP contribution in [0.5, 0.6) is 0 Å². The van der Waals surface area contributed by atoms with Crippen molar-refractivity contribution in [3.63, 3.8) is 0 Å². The van der Waals surface area contributed by atoms with Gasteiger partial charge in [0.1, 0.15) is 5.56 Å². The molecule has 0 fully saturated rings. The number of rotatable bonds is 2. The molecule has 1 amide bonds. The molecule has 0 saturated carbocycles. The van der Waals surface area contributed by atoms with Gasteiger partial charge in [-0.3, -0.25) is 14.7 Å². The molecule has 0 radical (unpaired) electrons. The first-order valence-electron chi connectivity index (χ1n) is 6.63. The van der Waals surface area contributed by atoms with Crippen LogP contribution in [0.2, 0.25) is 0 Å². The lowest BCUT2D eigenvalue weighted by Crippen LogP contribution is -2.41. The fourth-order valence-corrected chi connectivity index (χ4v) is 2.56. The minimum atomic E-state index is -0.306. The number of hydrogen-bond donors (Lipinski definition) is 2. The molecular formula is C14H16N4O2. The van der Waals surface area contributed by atoms with E-state index in [1.54, 1.807) is 25.4 Å². The van der Waals surface area contributed by atoms with Crippen LogP contribution >= 0.6 is 0 Å². The Balaban J connectivity index is 1.74. The Labute approximate surface area is 115 Å². The molecule has 1 aliphatic rings. The van der Waals surface area contributed by atoms with Gasteiger partial charge < -0.3 is 9.88 Å². The minimum Gasteiger partial charge on any atom is -0.349 e. The van der Waals surface area contributed by atoms with Gasteiger partial charge in [-0.25, -0.2) is 0 Å². The first-order valence-corrected chi connectivity index (χ1v) is 6.63. The Morgan fingerprint density at radius 1 is 1.55 bits per heavy atom. The summed E-state index contributed by atoms with van der Waals surface area (Å²) in [5.74, 6) is -0.306. The summed E-state index contributed by atoms with van der Waals surface area (Å²) in [5, 5.41) is 9.90. The topological polar surface area (TPSA) is 79.8 Å². The molecule has 0 spiro atoms.